The van der Waals surface area contributed by atoms with E-state index in [1.165, 1.54) is 32.1 Å². The van der Waals surface area contributed by atoms with Crippen LogP contribution in [0.3, 0.4) is 0 Å². The van der Waals surface area contributed by atoms with E-state index in [-0.39, 0.29) is 6.10 Å². The van der Waals surface area contributed by atoms with Gasteiger partial charge in [0.25, 0.3) is 0 Å². The van der Waals surface area contributed by atoms with Gasteiger partial charge in [-0.2, -0.15) is 16.9 Å². The van der Waals surface area contributed by atoms with Crippen molar-refractivity contribution in [1.29, 1.82) is 0 Å². The molecule has 0 amide bonds. The molecule has 1 saturated carbocycles. The molecule has 0 spiro atoms. The highest BCUT2D eigenvalue weighted by atomic mass is 32.2. The lowest BCUT2D eigenvalue weighted by Crippen LogP contribution is -2.40. The first-order valence-corrected chi connectivity index (χ1v) is 10.0. The Morgan fingerprint density at radius 1 is 1.32 bits per heavy atom. The molecule has 2 heterocycles. The second kappa shape index (κ2) is 8.31. The fraction of sp³-hybridized carbons (Fsp3) is 0.875. The van der Waals surface area contributed by atoms with Crippen LogP contribution in [0.2, 0.25) is 0 Å². The van der Waals surface area contributed by atoms with Crippen molar-refractivity contribution in [3.63, 3.8) is 0 Å². The number of nitrogens with one attached hydrogen (secondary N) is 1. The third-order valence-corrected chi connectivity index (χ3v) is 5.22. The molecular weight excluding hydrogens is 296 g/mol. The zero-order chi connectivity index (χ0) is 15.2. The van der Waals surface area contributed by atoms with E-state index in [1.807, 2.05) is 11.8 Å². The van der Waals surface area contributed by atoms with Crippen LogP contribution in [-0.2, 0) is 17.6 Å². The number of aromatic nitrogens is 3. The number of ether oxygens (including phenoxy) is 1. The van der Waals surface area contributed by atoms with Gasteiger partial charge < -0.3 is 10.1 Å². The van der Waals surface area contributed by atoms with Crippen molar-refractivity contribution in [3.8, 4) is 0 Å². The van der Waals surface area contributed by atoms with Gasteiger partial charge in [0, 0.05) is 31.7 Å². The van der Waals surface area contributed by atoms with E-state index < -0.39 is 0 Å². The Bertz CT molecular complexity index is 453. The van der Waals surface area contributed by atoms with Gasteiger partial charge in [0.15, 0.2) is 5.82 Å². The summed E-state index contributed by atoms with van der Waals surface area (Å²) in [5, 5.41) is 8.26. The monoisotopic (exact) mass is 324 g/mol. The molecule has 0 aromatic carbocycles. The Kier molecular flexibility index (Phi) is 6.15. The van der Waals surface area contributed by atoms with Gasteiger partial charge in [-0.1, -0.05) is 19.3 Å². The van der Waals surface area contributed by atoms with Crippen LogP contribution in [0.25, 0.3) is 0 Å². The van der Waals surface area contributed by atoms with Gasteiger partial charge in [-0.15, -0.1) is 0 Å². The van der Waals surface area contributed by atoms with Crippen LogP contribution in [0.15, 0.2) is 0 Å². The molecule has 124 valence electrons. The normalized spacial score (nSPS) is 23.8. The molecule has 6 heteroatoms. The maximum absolute atomic E-state index is 5.87. The fourth-order valence-corrected chi connectivity index (χ4v) is 3.80. The second-order valence-electron chi connectivity index (χ2n) is 6.32. The van der Waals surface area contributed by atoms with Crippen LogP contribution in [-0.4, -0.2) is 52.6 Å². The van der Waals surface area contributed by atoms with Crippen LogP contribution in [0.5, 0.6) is 0 Å². The SMILES string of the molecule is CSCCc1nc(CC2CNCCO2)n(C2CCCCC2)n1. The number of hydrogen-bond acceptors (Lipinski definition) is 5. The van der Waals surface area contributed by atoms with Crippen molar-refractivity contribution < 1.29 is 4.74 Å². The van der Waals surface area contributed by atoms with Gasteiger partial charge in [0.2, 0.25) is 0 Å². The van der Waals surface area contributed by atoms with Gasteiger partial charge in [-0.25, -0.2) is 9.67 Å². The lowest BCUT2D eigenvalue weighted by molar-refractivity contribution is 0.0270. The summed E-state index contributed by atoms with van der Waals surface area (Å²) in [6.45, 7) is 2.70. The molecule has 2 aliphatic rings. The smallest absolute Gasteiger partial charge is 0.151 e. The molecular formula is C16H28N4OS. The third kappa shape index (κ3) is 4.24. The number of aryl methyl sites for hydroxylation is 1. The van der Waals surface area contributed by atoms with Crippen LogP contribution in [0.1, 0.15) is 49.8 Å². The number of nitrogens with zero attached hydrogens (tertiary/aromatic N) is 3. The zero-order valence-corrected chi connectivity index (χ0v) is 14.4. The molecule has 1 atom stereocenters. The van der Waals surface area contributed by atoms with E-state index in [9.17, 15) is 0 Å². The standard InChI is InChI=1S/C16H28N4OS/c1-22-10-7-15-18-16(11-14-12-17-8-9-21-14)20(19-15)13-5-3-2-4-6-13/h13-14,17H,2-12H2,1H3. The molecule has 3 rings (SSSR count). The van der Waals surface area contributed by atoms with Crippen molar-refractivity contribution in [2.75, 3.05) is 31.7 Å². The quantitative estimate of drug-likeness (QED) is 0.869. The van der Waals surface area contributed by atoms with E-state index in [1.54, 1.807) is 0 Å². The van der Waals surface area contributed by atoms with E-state index in [0.717, 1.165) is 49.9 Å². The minimum atomic E-state index is 0.244. The van der Waals surface area contributed by atoms with Gasteiger partial charge in [0.1, 0.15) is 5.82 Å². The molecule has 1 saturated heterocycles. The minimum Gasteiger partial charge on any atom is -0.375 e. The molecule has 1 unspecified atom stereocenters. The molecule has 1 N–H and O–H groups in total. The predicted molar refractivity (Wildman–Crippen MR) is 90.5 cm³/mol. The van der Waals surface area contributed by atoms with Crippen molar-refractivity contribution in [1.82, 2.24) is 20.1 Å². The van der Waals surface area contributed by atoms with E-state index >= 15 is 0 Å². The van der Waals surface area contributed by atoms with Crippen molar-refractivity contribution in [2.45, 2.75) is 57.1 Å². The first-order chi connectivity index (χ1) is 10.9. The van der Waals surface area contributed by atoms with Gasteiger partial charge >= 0.3 is 0 Å². The van der Waals surface area contributed by atoms with Crippen LogP contribution >= 0.6 is 11.8 Å². The maximum atomic E-state index is 5.87. The van der Waals surface area contributed by atoms with E-state index in [0.29, 0.717) is 6.04 Å². The first-order valence-electron chi connectivity index (χ1n) is 8.62. The second-order valence-corrected chi connectivity index (χ2v) is 7.31. The largest absolute Gasteiger partial charge is 0.375 e. The first kappa shape index (κ1) is 16.3. The predicted octanol–water partition coefficient (Wildman–Crippen LogP) is 2.22. The van der Waals surface area contributed by atoms with Gasteiger partial charge in [0.05, 0.1) is 18.8 Å². The van der Waals surface area contributed by atoms with Crippen molar-refractivity contribution in [3.05, 3.63) is 11.6 Å². The summed E-state index contributed by atoms with van der Waals surface area (Å²) in [5.41, 5.74) is 0. The Morgan fingerprint density at radius 3 is 2.91 bits per heavy atom. The Labute approximate surface area is 137 Å². The summed E-state index contributed by atoms with van der Waals surface area (Å²) in [6.07, 6.45) is 10.8. The maximum Gasteiger partial charge on any atom is 0.151 e. The summed E-state index contributed by atoms with van der Waals surface area (Å²) in [5.74, 6) is 3.24. The Hall–Kier alpha value is -0.590. The number of rotatable bonds is 6. The van der Waals surface area contributed by atoms with Gasteiger partial charge in [-0.05, 0) is 19.1 Å². The third-order valence-electron chi connectivity index (χ3n) is 4.61. The van der Waals surface area contributed by atoms with Crippen LogP contribution in [0.4, 0.5) is 0 Å². The van der Waals surface area contributed by atoms with Crippen molar-refractivity contribution >= 4 is 11.8 Å². The summed E-state index contributed by atoms with van der Waals surface area (Å²) in [4.78, 5) is 4.85. The highest BCUT2D eigenvalue weighted by Gasteiger charge is 2.24. The van der Waals surface area contributed by atoms with Crippen LogP contribution < -0.4 is 5.32 Å². The summed E-state index contributed by atoms with van der Waals surface area (Å²) in [7, 11) is 0. The molecule has 22 heavy (non-hydrogen) atoms. The highest BCUT2D eigenvalue weighted by molar-refractivity contribution is 7.98. The number of morpholine rings is 1. The average molecular weight is 324 g/mol. The molecule has 2 fully saturated rings. The molecule has 1 aliphatic heterocycles. The summed E-state index contributed by atoms with van der Waals surface area (Å²) >= 11 is 1.86. The number of hydrogen-bond donors (Lipinski definition) is 1. The molecule has 0 radical (unpaired) electrons. The molecule has 5 nitrogen and oxygen atoms in total. The lowest BCUT2D eigenvalue weighted by Gasteiger charge is -2.26. The zero-order valence-electron chi connectivity index (χ0n) is 13.6. The van der Waals surface area contributed by atoms with E-state index in [4.69, 9.17) is 14.8 Å². The van der Waals surface area contributed by atoms with Crippen molar-refractivity contribution in [2.24, 2.45) is 0 Å². The molecule has 1 aliphatic carbocycles. The lowest BCUT2D eigenvalue weighted by atomic mass is 9.95. The van der Waals surface area contributed by atoms with Gasteiger partial charge in [-0.3, -0.25) is 0 Å². The summed E-state index contributed by atoms with van der Waals surface area (Å²) < 4.78 is 8.11. The molecule has 0 bridgehead atoms. The molecule has 1 aromatic rings. The molecule has 1 aromatic heterocycles. The topological polar surface area (TPSA) is 52.0 Å². The average Bonchev–Trinajstić information content (AvgIpc) is 2.97. The summed E-state index contributed by atoms with van der Waals surface area (Å²) in [6, 6.07) is 0.552. The Balaban J connectivity index is 1.73. The number of thioether (sulfide) groups is 1. The highest BCUT2D eigenvalue weighted by Crippen LogP contribution is 2.29. The Morgan fingerprint density at radius 2 is 2.18 bits per heavy atom. The van der Waals surface area contributed by atoms with Crippen LogP contribution in [0, 0.1) is 0 Å². The fourth-order valence-electron chi connectivity index (χ4n) is 3.42. The van der Waals surface area contributed by atoms with E-state index in [2.05, 4.69) is 16.3 Å². The minimum absolute atomic E-state index is 0.244.